The molecule has 1 fully saturated rings. The fourth-order valence-electron chi connectivity index (χ4n) is 2.47. The Morgan fingerprint density at radius 3 is 2.40 bits per heavy atom. The van der Waals surface area contributed by atoms with Crippen molar-refractivity contribution in [2.75, 3.05) is 18.0 Å². The lowest BCUT2D eigenvalue weighted by molar-refractivity contribution is 0.424. The molecule has 1 aromatic rings. The molecule has 2 rings (SSSR count). The summed E-state index contributed by atoms with van der Waals surface area (Å²) in [7, 11) is 0. The second-order valence-corrected chi connectivity index (χ2v) is 7.21. The van der Waals surface area contributed by atoms with Gasteiger partial charge < -0.3 is 10.2 Å². The number of hydrogen-bond acceptors (Lipinski definition) is 3. The third-order valence-corrected chi connectivity index (χ3v) is 3.74. The molecule has 1 aliphatic heterocycles. The molecule has 0 unspecified atom stereocenters. The van der Waals surface area contributed by atoms with Gasteiger partial charge in [-0.15, -0.1) is 0 Å². The van der Waals surface area contributed by atoms with E-state index in [0.717, 1.165) is 19.6 Å². The van der Waals surface area contributed by atoms with Crippen LogP contribution < -0.4 is 10.2 Å². The number of aromatic nitrogens is 1. The molecule has 0 aromatic carbocycles. The Balaban J connectivity index is 2.21. The smallest absolute Gasteiger partial charge is 0.129 e. The van der Waals surface area contributed by atoms with Crippen molar-refractivity contribution >= 4 is 5.82 Å². The maximum Gasteiger partial charge on any atom is 0.129 e. The van der Waals surface area contributed by atoms with Gasteiger partial charge in [0.2, 0.25) is 0 Å². The van der Waals surface area contributed by atoms with Gasteiger partial charge in [-0.05, 0) is 57.2 Å². The second-order valence-electron chi connectivity index (χ2n) is 7.21. The molecule has 0 amide bonds. The molecule has 3 heteroatoms. The van der Waals surface area contributed by atoms with E-state index in [1.807, 2.05) is 0 Å². The quantitative estimate of drug-likeness (QED) is 0.908. The van der Waals surface area contributed by atoms with Crippen LogP contribution in [0.1, 0.15) is 64.6 Å². The maximum atomic E-state index is 4.86. The van der Waals surface area contributed by atoms with Crippen LogP contribution in [0.3, 0.4) is 0 Å². The lowest BCUT2D eigenvalue weighted by Gasteiger charge is -2.23. The Hall–Kier alpha value is -1.09. The molecule has 3 nitrogen and oxygen atoms in total. The number of rotatable bonds is 4. The number of hydrogen-bond donors (Lipinski definition) is 1. The van der Waals surface area contributed by atoms with Gasteiger partial charge in [0.25, 0.3) is 0 Å². The van der Waals surface area contributed by atoms with Crippen molar-refractivity contribution in [1.82, 2.24) is 10.3 Å². The summed E-state index contributed by atoms with van der Waals surface area (Å²) in [6, 6.07) is 4.51. The Bertz CT molecular complexity index is 440. The van der Waals surface area contributed by atoms with E-state index in [2.05, 4.69) is 57.0 Å². The molecule has 0 radical (unpaired) electrons. The predicted octanol–water partition coefficient (Wildman–Crippen LogP) is 3.69. The molecule has 0 bridgehead atoms. The molecule has 1 aliphatic rings. The van der Waals surface area contributed by atoms with Gasteiger partial charge in [0.1, 0.15) is 5.82 Å². The van der Waals surface area contributed by atoms with Gasteiger partial charge in [-0.2, -0.15) is 0 Å². The first-order valence-electron chi connectivity index (χ1n) is 7.86. The third-order valence-electron chi connectivity index (χ3n) is 3.74. The molecule has 1 saturated heterocycles. The van der Waals surface area contributed by atoms with E-state index in [1.54, 1.807) is 0 Å². The standard InChI is InChI=1S/C17H29N3/c1-13(2)15-10-14(12-18-17(3,4)5)11-16(19-15)20-8-6-7-9-20/h10-11,13,18H,6-9,12H2,1-5H3. The number of anilines is 1. The van der Waals surface area contributed by atoms with Crippen LogP contribution >= 0.6 is 0 Å². The SMILES string of the molecule is CC(C)c1cc(CNC(C)(C)C)cc(N2CCCC2)n1. The fraction of sp³-hybridized carbons (Fsp3) is 0.706. The molecule has 1 aromatic heterocycles. The summed E-state index contributed by atoms with van der Waals surface area (Å²) in [5, 5.41) is 3.58. The van der Waals surface area contributed by atoms with Crippen molar-refractivity contribution < 1.29 is 0 Å². The number of nitrogens with zero attached hydrogens (tertiary/aromatic N) is 2. The van der Waals surface area contributed by atoms with Gasteiger partial charge in [0, 0.05) is 30.9 Å². The summed E-state index contributed by atoms with van der Waals surface area (Å²) < 4.78 is 0. The average molecular weight is 275 g/mol. The molecule has 0 aliphatic carbocycles. The van der Waals surface area contributed by atoms with Crippen LogP contribution in [0, 0.1) is 0 Å². The summed E-state index contributed by atoms with van der Waals surface area (Å²) in [5.74, 6) is 1.64. The van der Waals surface area contributed by atoms with Crippen molar-refractivity contribution in [1.29, 1.82) is 0 Å². The average Bonchev–Trinajstić information content (AvgIpc) is 2.89. The summed E-state index contributed by atoms with van der Waals surface area (Å²) in [4.78, 5) is 7.28. The minimum atomic E-state index is 0.148. The van der Waals surface area contributed by atoms with Crippen LogP contribution in [0.5, 0.6) is 0 Å². The van der Waals surface area contributed by atoms with Crippen LogP contribution in [-0.4, -0.2) is 23.6 Å². The molecular weight excluding hydrogens is 246 g/mol. The number of nitrogens with one attached hydrogen (secondary N) is 1. The first kappa shape index (κ1) is 15.3. The molecule has 0 atom stereocenters. The van der Waals surface area contributed by atoms with Gasteiger partial charge in [-0.1, -0.05) is 13.8 Å². The molecule has 112 valence electrons. The highest BCUT2D eigenvalue weighted by Crippen LogP contribution is 2.23. The van der Waals surface area contributed by atoms with Gasteiger partial charge in [0.15, 0.2) is 0 Å². The minimum absolute atomic E-state index is 0.148. The maximum absolute atomic E-state index is 4.86. The monoisotopic (exact) mass is 275 g/mol. The summed E-state index contributed by atoms with van der Waals surface area (Å²) in [6.45, 7) is 14.3. The van der Waals surface area contributed by atoms with Crippen molar-refractivity contribution in [2.45, 2.75) is 65.5 Å². The first-order chi connectivity index (χ1) is 9.35. The Morgan fingerprint density at radius 2 is 1.85 bits per heavy atom. The van der Waals surface area contributed by atoms with Crippen LogP contribution in [0.2, 0.25) is 0 Å². The lowest BCUT2D eigenvalue weighted by Crippen LogP contribution is -2.35. The number of pyridine rings is 1. The van der Waals surface area contributed by atoms with Gasteiger partial charge >= 0.3 is 0 Å². The van der Waals surface area contributed by atoms with E-state index in [4.69, 9.17) is 4.98 Å². The van der Waals surface area contributed by atoms with E-state index in [-0.39, 0.29) is 5.54 Å². The van der Waals surface area contributed by atoms with Crippen LogP contribution in [-0.2, 0) is 6.54 Å². The summed E-state index contributed by atoms with van der Waals surface area (Å²) >= 11 is 0. The summed E-state index contributed by atoms with van der Waals surface area (Å²) in [6.07, 6.45) is 2.59. The molecular formula is C17H29N3. The van der Waals surface area contributed by atoms with Gasteiger partial charge in [-0.3, -0.25) is 0 Å². The lowest BCUT2D eigenvalue weighted by atomic mass is 10.1. The Labute approximate surface area is 123 Å². The molecule has 0 spiro atoms. The molecule has 0 saturated carbocycles. The van der Waals surface area contributed by atoms with Crippen molar-refractivity contribution in [3.63, 3.8) is 0 Å². The Morgan fingerprint density at radius 1 is 1.20 bits per heavy atom. The predicted molar refractivity (Wildman–Crippen MR) is 86.4 cm³/mol. The second kappa shape index (κ2) is 6.13. The summed E-state index contributed by atoms with van der Waals surface area (Å²) in [5.41, 5.74) is 2.70. The van der Waals surface area contributed by atoms with E-state index in [9.17, 15) is 0 Å². The normalized spacial score (nSPS) is 16.2. The molecule has 1 N–H and O–H groups in total. The molecule has 2 heterocycles. The zero-order chi connectivity index (χ0) is 14.8. The Kier molecular flexibility index (Phi) is 4.69. The highest BCUT2D eigenvalue weighted by molar-refractivity contribution is 5.44. The van der Waals surface area contributed by atoms with Gasteiger partial charge in [-0.25, -0.2) is 4.98 Å². The first-order valence-corrected chi connectivity index (χ1v) is 7.86. The van der Waals surface area contributed by atoms with E-state index >= 15 is 0 Å². The van der Waals surface area contributed by atoms with Crippen LogP contribution in [0.4, 0.5) is 5.82 Å². The van der Waals surface area contributed by atoms with Crippen molar-refractivity contribution in [3.05, 3.63) is 23.4 Å². The third kappa shape index (κ3) is 4.20. The fourth-order valence-corrected chi connectivity index (χ4v) is 2.47. The zero-order valence-corrected chi connectivity index (χ0v) is 13.7. The topological polar surface area (TPSA) is 28.2 Å². The van der Waals surface area contributed by atoms with Crippen LogP contribution in [0.25, 0.3) is 0 Å². The van der Waals surface area contributed by atoms with Crippen LogP contribution in [0.15, 0.2) is 12.1 Å². The molecule has 20 heavy (non-hydrogen) atoms. The zero-order valence-electron chi connectivity index (χ0n) is 13.7. The largest absolute Gasteiger partial charge is 0.357 e. The van der Waals surface area contributed by atoms with Crippen molar-refractivity contribution in [3.8, 4) is 0 Å². The highest BCUT2D eigenvalue weighted by Gasteiger charge is 2.16. The minimum Gasteiger partial charge on any atom is -0.357 e. The van der Waals surface area contributed by atoms with Crippen molar-refractivity contribution in [2.24, 2.45) is 0 Å². The van der Waals surface area contributed by atoms with E-state index in [0.29, 0.717) is 5.92 Å². The van der Waals surface area contributed by atoms with E-state index in [1.165, 1.54) is 29.9 Å². The highest BCUT2D eigenvalue weighted by atomic mass is 15.2. The van der Waals surface area contributed by atoms with Gasteiger partial charge in [0.05, 0.1) is 0 Å². The van der Waals surface area contributed by atoms with E-state index < -0.39 is 0 Å².